The van der Waals surface area contributed by atoms with Crippen LogP contribution in [0.2, 0.25) is 0 Å². The summed E-state index contributed by atoms with van der Waals surface area (Å²) in [5.41, 5.74) is -0.259. The van der Waals surface area contributed by atoms with E-state index < -0.39 is 33.2 Å². The average molecular weight is 331 g/mol. The quantitative estimate of drug-likeness (QED) is 0.587. The lowest BCUT2D eigenvalue weighted by atomic mass is 10.0. The fraction of sp³-hybridized carbons (Fsp3) is 0.133. The summed E-state index contributed by atoms with van der Waals surface area (Å²) in [6.07, 6.45) is -0.307. The summed E-state index contributed by atoms with van der Waals surface area (Å²) in [5.74, 6) is -1.08. The Hall–Kier alpha value is -3.49. The van der Waals surface area contributed by atoms with Crippen molar-refractivity contribution in [1.29, 1.82) is 0 Å². The summed E-state index contributed by atoms with van der Waals surface area (Å²) < 4.78 is 0. The highest BCUT2D eigenvalue weighted by Crippen LogP contribution is 2.32. The number of nitro groups is 2. The van der Waals surface area contributed by atoms with Crippen LogP contribution in [0.5, 0.6) is 0 Å². The van der Waals surface area contributed by atoms with E-state index in [2.05, 4.69) is 5.32 Å². The molecule has 2 N–H and O–H groups in total. The fourth-order valence-electron chi connectivity index (χ4n) is 2.21. The van der Waals surface area contributed by atoms with Gasteiger partial charge in [-0.2, -0.15) is 0 Å². The highest BCUT2D eigenvalue weighted by atomic mass is 16.6. The Balaban J connectivity index is 2.40. The molecule has 0 radical (unpaired) electrons. The molecule has 0 amide bonds. The van der Waals surface area contributed by atoms with E-state index in [1.165, 1.54) is 6.07 Å². The van der Waals surface area contributed by atoms with Crippen LogP contribution in [0.25, 0.3) is 0 Å². The van der Waals surface area contributed by atoms with E-state index in [-0.39, 0.29) is 12.1 Å². The molecule has 2 aromatic carbocycles. The van der Waals surface area contributed by atoms with Gasteiger partial charge in [-0.15, -0.1) is 0 Å². The number of aliphatic carboxylic acids is 1. The summed E-state index contributed by atoms with van der Waals surface area (Å²) in [7, 11) is 0. The zero-order chi connectivity index (χ0) is 17.7. The van der Waals surface area contributed by atoms with Gasteiger partial charge >= 0.3 is 5.97 Å². The Labute approximate surface area is 135 Å². The van der Waals surface area contributed by atoms with Gasteiger partial charge in [0.1, 0.15) is 5.69 Å². The molecule has 24 heavy (non-hydrogen) atoms. The summed E-state index contributed by atoms with van der Waals surface area (Å²) >= 11 is 0. The molecule has 2 rings (SSSR count). The zero-order valence-corrected chi connectivity index (χ0v) is 12.3. The number of carboxylic acids is 1. The topological polar surface area (TPSA) is 136 Å². The molecule has 0 bridgehead atoms. The summed E-state index contributed by atoms with van der Waals surface area (Å²) in [6.45, 7) is 0. The van der Waals surface area contributed by atoms with Gasteiger partial charge in [0, 0.05) is 6.07 Å². The van der Waals surface area contributed by atoms with Gasteiger partial charge in [0.2, 0.25) is 0 Å². The van der Waals surface area contributed by atoms with Crippen LogP contribution < -0.4 is 5.32 Å². The lowest BCUT2D eigenvalue weighted by Gasteiger charge is -2.18. The van der Waals surface area contributed by atoms with Crippen molar-refractivity contribution in [2.24, 2.45) is 0 Å². The van der Waals surface area contributed by atoms with Crippen molar-refractivity contribution in [2.75, 3.05) is 5.32 Å². The van der Waals surface area contributed by atoms with E-state index >= 15 is 0 Å². The van der Waals surface area contributed by atoms with Crippen molar-refractivity contribution >= 4 is 23.0 Å². The van der Waals surface area contributed by atoms with Crippen molar-refractivity contribution in [3.63, 3.8) is 0 Å². The summed E-state index contributed by atoms with van der Waals surface area (Å²) in [5, 5.41) is 33.8. The summed E-state index contributed by atoms with van der Waals surface area (Å²) in [4.78, 5) is 31.5. The third kappa shape index (κ3) is 4.03. The molecule has 0 fully saturated rings. The minimum absolute atomic E-state index is 0.0145. The molecular formula is C15H13N3O6. The number of nitro benzene ring substituents is 2. The van der Waals surface area contributed by atoms with Gasteiger partial charge in [-0.1, -0.05) is 30.3 Å². The molecule has 124 valence electrons. The smallest absolute Gasteiger partial charge is 0.305 e. The first-order valence-corrected chi connectivity index (χ1v) is 6.84. The predicted molar refractivity (Wildman–Crippen MR) is 84.8 cm³/mol. The number of hydrogen-bond acceptors (Lipinski definition) is 6. The molecule has 1 atom stereocenters. The van der Waals surface area contributed by atoms with Crippen molar-refractivity contribution < 1.29 is 19.7 Å². The van der Waals surface area contributed by atoms with Crippen LogP contribution in [0.1, 0.15) is 18.0 Å². The Morgan fingerprint density at radius 2 is 1.75 bits per heavy atom. The molecule has 0 heterocycles. The lowest BCUT2D eigenvalue weighted by Crippen LogP contribution is -2.16. The molecule has 0 unspecified atom stereocenters. The Kier molecular flexibility index (Phi) is 5.05. The van der Waals surface area contributed by atoms with Crippen LogP contribution in [0.15, 0.2) is 48.5 Å². The number of hydrogen-bond donors (Lipinski definition) is 2. The number of benzene rings is 2. The van der Waals surface area contributed by atoms with Crippen molar-refractivity contribution in [3.8, 4) is 0 Å². The monoisotopic (exact) mass is 331 g/mol. The van der Waals surface area contributed by atoms with Crippen LogP contribution in [0.3, 0.4) is 0 Å². The Morgan fingerprint density at radius 3 is 2.29 bits per heavy atom. The standard InChI is InChI=1S/C15H13N3O6/c19-15(20)9-13(10-4-2-1-3-5-10)16-12-7-6-11(17(21)22)8-14(12)18(23)24/h1-8,13,16H,9H2,(H,19,20)/t13-/m1/s1. The van der Waals surface area contributed by atoms with Crippen molar-refractivity contribution in [3.05, 3.63) is 74.3 Å². The second-order valence-corrected chi connectivity index (χ2v) is 4.92. The average Bonchev–Trinajstić information content (AvgIpc) is 2.54. The van der Waals surface area contributed by atoms with Crippen LogP contribution in [-0.2, 0) is 4.79 Å². The maximum Gasteiger partial charge on any atom is 0.305 e. The van der Waals surface area contributed by atoms with Gasteiger partial charge in [0.25, 0.3) is 11.4 Å². The molecule has 9 nitrogen and oxygen atoms in total. The van der Waals surface area contributed by atoms with E-state index in [9.17, 15) is 25.0 Å². The van der Waals surface area contributed by atoms with Crippen LogP contribution in [0.4, 0.5) is 17.1 Å². The fourth-order valence-corrected chi connectivity index (χ4v) is 2.21. The number of nitrogens with one attached hydrogen (secondary N) is 1. The molecule has 9 heteroatoms. The van der Waals surface area contributed by atoms with E-state index in [1.807, 2.05) is 0 Å². The number of rotatable bonds is 7. The van der Waals surface area contributed by atoms with Crippen molar-refractivity contribution in [1.82, 2.24) is 0 Å². The van der Waals surface area contributed by atoms with Gasteiger partial charge in [0.05, 0.1) is 28.4 Å². The van der Waals surface area contributed by atoms with E-state index in [4.69, 9.17) is 5.11 Å². The zero-order valence-electron chi connectivity index (χ0n) is 12.3. The third-order valence-corrected chi connectivity index (χ3v) is 3.30. The first-order chi connectivity index (χ1) is 11.4. The van der Waals surface area contributed by atoms with Gasteiger partial charge in [-0.3, -0.25) is 25.0 Å². The molecule has 0 aliphatic carbocycles. The minimum Gasteiger partial charge on any atom is -0.481 e. The Morgan fingerprint density at radius 1 is 1.08 bits per heavy atom. The maximum atomic E-state index is 11.2. The molecule has 0 saturated heterocycles. The molecule has 0 aromatic heterocycles. The van der Waals surface area contributed by atoms with E-state index in [0.717, 1.165) is 12.1 Å². The highest BCUT2D eigenvalue weighted by molar-refractivity contribution is 5.71. The van der Waals surface area contributed by atoms with E-state index in [0.29, 0.717) is 5.56 Å². The predicted octanol–water partition coefficient (Wildman–Crippen LogP) is 3.13. The van der Waals surface area contributed by atoms with Gasteiger partial charge in [0.15, 0.2) is 0 Å². The van der Waals surface area contributed by atoms with Crippen LogP contribution >= 0.6 is 0 Å². The molecule has 0 saturated carbocycles. The first-order valence-electron chi connectivity index (χ1n) is 6.84. The second-order valence-electron chi connectivity index (χ2n) is 4.92. The number of non-ortho nitro benzene ring substituents is 1. The summed E-state index contributed by atoms with van der Waals surface area (Å²) in [6, 6.07) is 11.0. The SMILES string of the molecule is O=C(O)C[C@@H](Nc1ccc([N+](=O)[O-])cc1[N+](=O)[O-])c1ccccc1. The maximum absolute atomic E-state index is 11.2. The van der Waals surface area contributed by atoms with Gasteiger partial charge in [-0.05, 0) is 11.6 Å². The normalized spacial score (nSPS) is 11.5. The molecule has 0 spiro atoms. The lowest BCUT2D eigenvalue weighted by molar-refractivity contribution is -0.393. The van der Waals surface area contributed by atoms with Crippen molar-refractivity contribution in [2.45, 2.75) is 12.5 Å². The first kappa shape index (κ1) is 16.9. The van der Waals surface area contributed by atoms with E-state index in [1.54, 1.807) is 30.3 Å². The van der Waals surface area contributed by atoms with Gasteiger partial charge in [-0.25, -0.2) is 0 Å². The van der Waals surface area contributed by atoms with Crippen LogP contribution in [-0.4, -0.2) is 20.9 Å². The largest absolute Gasteiger partial charge is 0.481 e. The number of carbonyl (C=O) groups is 1. The third-order valence-electron chi connectivity index (χ3n) is 3.30. The number of nitrogens with zero attached hydrogens (tertiary/aromatic N) is 2. The minimum atomic E-state index is -1.08. The van der Waals surface area contributed by atoms with Gasteiger partial charge < -0.3 is 10.4 Å². The molecular weight excluding hydrogens is 318 g/mol. The number of anilines is 1. The number of carboxylic acid groups (broad SMARTS) is 1. The molecule has 0 aliphatic heterocycles. The van der Waals surface area contributed by atoms with Crippen LogP contribution in [0, 0.1) is 20.2 Å². The highest BCUT2D eigenvalue weighted by Gasteiger charge is 2.23. The Bertz CT molecular complexity index is 778. The molecule has 2 aromatic rings. The second kappa shape index (κ2) is 7.18. The molecule has 0 aliphatic rings.